The van der Waals surface area contributed by atoms with Gasteiger partial charge in [0, 0.05) is 13.1 Å². The van der Waals surface area contributed by atoms with Crippen LogP contribution in [0.4, 0.5) is 4.39 Å². The van der Waals surface area contributed by atoms with Crippen molar-refractivity contribution in [2.24, 2.45) is 5.92 Å². The summed E-state index contributed by atoms with van der Waals surface area (Å²) in [4.78, 5) is 20.8. The van der Waals surface area contributed by atoms with Gasteiger partial charge in [-0.2, -0.15) is 4.31 Å². The maximum Gasteiger partial charge on any atom is 0.243 e. The van der Waals surface area contributed by atoms with Gasteiger partial charge in [-0.05, 0) is 60.4 Å². The van der Waals surface area contributed by atoms with E-state index in [4.69, 9.17) is 0 Å². The third-order valence-corrected chi connectivity index (χ3v) is 8.28. The van der Waals surface area contributed by atoms with Gasteiger partial charge < -0.3 is 10.3 Å². The number of nitrogens with zero attached hydrogens (tertiary/aromatic N) is 2. The highest BCUT2D eigenvalue weighted by molar-refractivity contribution is 7.89. The molecule has 2 atom stereocenters. The van der Waals surface area contributed by atoms with Gasteiger partial charge in [-0.15, -0.1) is 0 Å². The lowest BCUT2D eigenvalue weighted by atomic mass is 9.95. The number of carbonyl (C=O) groups excluding carboxylic acids is 1. The van der Waals surface area contributed by atoms with Gasteiger partial charge in [0.25, 0.3) is 0 Å². The lowest BCUT2D eigenvalue weighted by molar-refractivity contribution is -0.126. The number of fused-ring (bicyclic) bond motifs is 1. The van der Waals surface area contributed by atoms with Gasteiger partial charge in [0.2, 0.25) is 15.9 Å². The predicted octanol–water partition coefficient (Wildman–Crippen LogP) is 4.01. The number of hydrogen-bond donors (Lipinski definition) is 2. The number of aromatic nitrogens is 2. The molecule has 1 fully saturated rings. The number of sulfonamides is 1. The summed E-state index contributed by atoms with van der Waals surface area (Å²) in [5, 5.41) is 3.15. The van der Waals surface area contributed by atoms with Crippen LogP contribution in [-0.4, -0.2) is 41.7 Å². The Balaban J connectivity index is 1.38. The molecule has 2 N–H and O–H groups in total. The summed E-state index contributed by atoms with van der Waals surface area (Å²) >= 11 is 0. The van der Waals surface area contributed by atoms with Crippen LogP contribution in [0.25, 0.3) is 11.0 Å². The molecular weight excluding hydrogens is 467 g/mol. The average Bonchev–Trinajstić information content (AvgIpc) is 3.36. The first-order valence-electron chi connectivity index (χ1n) is 11.5. The molecule has 35 heavy (non-hydrogen) atoms. The van der Waals surface area contributed by atoms with E-state index in [9.17, 15) is 17.6 Å². The minimum absolute atomic E-state index is 0.0231. The zero-order chi connectivity index (χ0) is 24.4. The Morgan fingerprint density at radius 3 is 2.60 bits per heavy atom. The molecule has 2 unspecified atom stereocenters. The number of hydrogen-bond acceptors (Lipinski definition) is 4. The number of H-pyrrole nitrogens is 1. The minimum Gasteiger partial charge on any atom is -0.345 e. The monoisotopic (exact) mass is 492 g/mol. The molecule has 1 aliphatic heterocycles. The molecule has 4 aromatic rings. The van der Waals surface area contributed by atoms with Crippen LogP contribution < -0.4 is 5.32 Å². The van der Waals surface area contributed by atoms with Crippen LogP contribution in [0.15, 0.2) is 84.0 Å². The highest BCUT2D eigenvalue weighted by atomic mass is 32.2. The predicted molar refractivity (Wildman–Crippen MR) is 130 cm³/mol. The van der Waals surface area contributed by atoms with Crippen molar-refractivity contribution in [1.29, 1.82) is 0 Å². The van der Waals surface area contributed by atoms with Gasteiger partial charge in [-0.3, -0.25) is 4.79 Å². The molecular formula is C26H25FN4O3S. The number of imidazole rings is 1. The molecule has 180 valence electrons. The van der Waals surface area contributed by atoms with E-state index in [0.717, 1.165) is 34.3 Å². The van der Waals surface area contributed by atoms with E-state index >= 15 is 0 Å². The molecule has 1 amide bonds. The largest absolute Gasteiger partial charge is 0.345 e. The smallest absolute Gasteiger partial charge is 0.243 e. The van der Waals surface area contributed by atoms with Gasteiger partial charge >= 0.3 is 0 Å². The molecule has 1 saturated heterocycles. The molecule has 0 radical (unpaired) electrons. The summed E-state index contributed by atoms with van der Waals surface area (Å²) in [6, 6.07) is 19.8. The van der Waals surface area contributed by atoms with Crippen LogP contribution in [0, 0.1) is 11.7 Å². The fourth-order valence-corrected chi connectivity index (χ4v) is 6.05. The second kappa shape index (κ2) is 9.59. The molecule has 0 bridgehead atoms. The minimum atomic E-state index is -3.82. The summed E-state index contributed by atoms with van der Waals surface area (Å²) in [7, 11) is -3.82. The van der Waals surface area contributed by atoms with Crippen molar-refractivity contribution in [2.75, 3.05) is 13.1 Å². The van der Waals surface area contributed by atoms with Crippen molar-refractivity contribution in [1.82, 2.24) is 19.6 Å². The highest BCUT2D eigenvalue weighted by Crippen LogP contribution is 2.28. The fraction of sp³-hybridized carbons (Fsp3) is 0.231. The molecule has 1 aliphatic rings. The Kier molecular flexibility index (Phi) is 6.36. The van der Waals surface area contributed by atoms with Crippen molar-refractivity contribution in [3.05, 3.63) is 96.1 Å². The number of amides is 1. The molecule has 9 heteroatoms. The van der Waals surface area contributed by atoms with Crippen molar-refractivity contribution < 1.29 is 17.6 Å². The first-order valence-corrected chi connectivity index (χ1v) is 12.9. The van der Waals surface area contributed by atoms with Crippen molar-refractivity contribution in [3.8, 4) is 0 Å². The van der Waals surface area contributed by atoms with Crippen LogP contribution in [-0.2, 0) is 14.8 Å². The number of benzene rings is 3. The second-order valence-electron chi connectivity index (χ2n) is 8.69. The van der Waals surface area contributed by atoms with Gasteiger partial charge in [0.15, 0.2) is 0 Å². The molecule has 7 nitrogen and oxygen atoms in total. The quantitative estimate of drug-likeness (QED) is 0.425. The molecule has 1 aromatic heterocycles. The number of piperidine rings is 1. The van der Waals surface area contributed by atoms with E-state index in [0.29, 0.717) is 19.4 Å². The molecule has 0 saturated carbocycles. The summed E-state index contributed by atoms with van der Waals surface area (Å²) in [6.07, 6.45) is 2.78. The van der Waals surface area contributed by atoms with Crippen molar-refractivity contribution in [3.63, 3.8) is 0 Å². The van der Waals surface area contributed by atoms with E-state index in [1.54, 1.807) is 6.33 Å². The maximum atomic E-state index is 13.4. The van der Waals surface area contributed by atoms with Crippen LogP contribution in [0.3, 0.4) is 0 Å². The SMILES string of the molecule is O=C(NC(c1ccccc1)c1ccc2nc[nH]c2c1)C1CCCN(S(=O)(=O)c2ccc(F)cc2)C1. The fourth-order valence-electron chi connectivity index (χ4n) is 4.53. The number of halogens is 1. The third-order valence-electron chi connectivity index (χ3n) is 6.40. The van der Waals surface area contributed by atoms with Crippen molar-refractivity contribution in [2.45, 2.75) is 23.8 Å². The normalized spacial score (nSPS) is 17.8. The van der Waals surface area contributed by atoms with Crippen LogP contribution in [0.5, 0.6) is 0 Å². The van der Waals surface area contributed by atoms with E-state index in [2.05, 4.69) is 15.3 Å². The zero-order valence-corrected chi connectivity index (χ0v) is 19.7. The van der Waals surface area contributed by atoms with Crippen molar-refractivity contribution >= 4 is 27.0 Å². The molecule has 0 spiro atoms. The summed E-state index contributed by atoms with van der Waals surface area (Å²) in [6.45, 7) is 0.398. The van der Waals surface area contributed by atoms with Gasteiger partial charge in [-0.1, -0.05) is 36.4 Å². The Labute approximate surface area is 203 Å². The standard InChI is InChI=1S/C26H25FN4O3S/c27-21-9-11-22(12-10-21)35(33,34)31-14-4-7-20(16-31)26(32)30-25(18-5-2-1-3-6-18)19-8-13-23-24(15-19)29-17-28-23/h1-3,5-6,8-13,15,17,20,25H,4,7,14,16H2,(H,28,29)(H,30,32). The van der Waals surface area contributed by atoms with Crippen LogP contribution in [0.1, 0.15) is 30.0 Å². The number of rotatable bonds is 6. The first kappa shape index (κ1) is 23.2. The van der Waals surface area contributed by atoms with Crippen LogP contribution in [0.2, 0.25) is 0 Å². The second-order valence-corrected chi connectivity index (χ2v) is 10.6. The van der Waals surface area contributed by atoms with E-state index < -0.39 is 27.8 Å². The Morgan fingerprint density at radius 1 is 1.06 bits per heavy atom. The lowest BCUT2D eigenvalue weighted by Gasteiger charge is -2.32. The number of nitrogens with one attached hydrogen (secondary N) is 2. The zero-order valence-electron chi connectivity index (χ0n) is 18.9. The van der Waals surface area contributed by atoms with Crippen LogP contribution >= 0.6 is 0 Å². The number of aromatic amines is 1. The molecule has 5 rings (SSSR count). The van der Waals surface area contributed by atoms with Gasteiger partial charge in [-0.25, -0.2) is 17.8 Å². The Hall–Kier alpha value is -3.56. The number of carbonyl (C=O) groups is 1. The third kappa shape index (κ3) is 4.82. The maximum absolute atomic E-state index is 13.4. The topological polar surface area (TPSA) is 95.2 Å². The van der Waals surface area contributed by atoms with Gasteiger partial charge in [0.1, 0.15) is 5.82 Å². The summed E-state index contributed by atoms with van der Waals surface area (Å²) < 4.78 is 40.8. The summed E-state index contributed by atoms with van der Waals surface area (Å²) in [5.74, 6) is -1.20. The Morgan fingerprint density at radius 2 is 1.83 bits per heavy atom. The highest BCUT2D eigenvalue weighted by Gasteiger charge is 2.34. The first-order chi connectivity index (χ1) is 16.9. The molecule has 0 aliphatic carbocycles. The average molecular weight is 493 g/mol. The lowest BCUT2D eigenvalue weighted by Crippen LogP contribution is -2.46. The molecule has 2 heterocycles. The van der Waals surface area contributed by atoms with E-state index in [1.165, 1.54) is 16.4 Å². The van der Waals surface area contributed by atoms with Gasteiger partial charge in [0.05, 0.1) is 34.2 Å². The summed E-state index contributed by atoms with van der Waals surface area (Å²) in [5.41, 5.74) is 3.52. The van der Waals surface area contributed by atoms with E-state index in [-0.39, 0.29) is 17.3 Å². The molecule has 3 aromatic carbocycles. The van der Waals surface area contributed by atoms with E-state index in [1.807, 2.05) is 48.5 Å². The Bertz CT molecular complexity index is 1440.